The van der Waals surface area contributed by atoms with Crippen molar-refractivity contribution in [3.8, 4) is 11.5 Å². The smallest absolute Gasteiger partial charge is 0.253 e. The molecule has 0 spiro atoms. The van der Waals surface area contributed by atoms with Crippen molar-refractivity contribution in [2.45, 2.75) is 26.7 Å². The number of nitrogens with zero attached hydrogens (tertiary/aromatic N) is 1. The average molecular weight is 490 g/mol. The van der Waals surface area contributed by atoms with Gasteiger partial charge < -0.3 is 25.0 Å². The van der Waals surface area contributed by atoms with E-state index in [1.54, 1.807) is 18.2 Å². The van der Waals surface area contributed by atoms with Gasteiger partial charge in [-0.2, -0.15) is 0 Å². The Kier molecular flexibility index (Phi) is 10.6. The molecule has 0 aromatic heterocycles. The third-order valence-electron chi connectivity index (χ3n) is 5.34. The minimum absolute atomic E-state index is 0.0386. The molecule has 2 N–H and O–H groups in total. The maximum atomic E-state index is 12.7. The molecular formula is C29H35N3O4. The monoisotopic (exact) mass is 489 g/mol. The molecule has 3 rings (SSSR count). The van der Waals surface area contributed by atoms with Gasteiger partial charge >= 0.3 is 0 Å². The van der Waals surface area contributed by atoms with Gasteiger partial charge in [0.05, 0.1) is 6.54 Å². The zero-order valence-electron chi connectivity index (χ0n) is 21.0. The van der Waals surface area contributed by atoms with Gasteiger partial charge in [0.1, 0.15) is 24.7 Å². The lowest BCUT2D eigenvalue weighted by Crippen LogP contribution is -2.32. The van der Waals surface area contributed by atoms with E-state index in [-0.39, 0.29) is 18.4 Å². The van der Waals surface area contributed by atoms with Gasteiger partial charge in [-0.3, -0.25) is 9.59 Å². The van der Waals surface area contributed by atoms with E-state index in [4.69, 9.17) is 9.47 Å². The molecule has 0 saturated carbocycles. The summed E-state index contributed by atoms with van der Waals surface area (Å²) in [5, 5.41) is 5.97. The number of para-hydroxylation sites is 1. The standard InChI is InChI=1S/C29H35N3O4/c1-3-17-32(18-4-2)29(34)23-13-15-24(16-14-23)30-22-28(33)31-25-9-8-12-27(21-25)36-20-19-35-26-10-6-5-7-11-26/h5-16,21,30H,3-4,17-20,22H2,1-2H3,(H,31,33). The Morgan fingerprint density at radius 1 is 0.750 bits per heavy atom. The van der Waals surface area contributed by atoms with Crippen LogP contribution in [0.5, 0.6) is 11.5 Å². The van der Waals surface area contributed by atoms with Crippen LogP contribution < -0.4 is 20.1 Å². The molecule has 0 unspecified atom stereocenters. The fourth-order valence-electron chi connectivity index (χ4n) is 3.65. The molecule has 2 amide bonds. The molecule has 0 heterocycles. The van der Waals surface area contributed by atoms with Crippen molar-refractivity contribution in [2.75, 3.05) is 43.5 Å². The second kappa shape index (κ2) is 14.4. The predicted octanol–water partition coefficient (Wildman–Crippen LogP) is 5.46. The maximum absolute atomic E-state index is 12.7. The Morgan fingerprint density at radius 2 is 1.39 bits per heavy atom. The van der Waals surface area contributed by atoms with E-state index in [1.807, 2.05) is 65.6 Å². The molecule has 0 atom stereocenters. The molecule has 0 aliphatic rings. The quantitative estimate of drug-likeness (QED) is 0.294. The Labute approximate surface area is 213 Å². The Hall–Kier alpha value is -4.00. The SMILES string of the molecule is CCCN(CCC)C(=O)c1ccc(NCC(=O)Nc2cccc(OCCOc3ccccc3)c2)cc1. The van der Waals surface area contributed by atoms with Crippen molar-refractivity contribution < 1.29 is 19.1 Å². The van der Waals surface area contributed by atoms with Gasteiger partial charge in [-0.25, -0.2) is 0 Å². The number of ether oxygens (including phenoxy) is 2. The molecule has 0 radical (unpaired) electrons. The van der Waals surface area contributed by atoms with Crippen molar-refractivity contribution in [3.05, 3.63) is 84.4 Å². The molecule has 7 heteroatoms. The van der Waals surface area contributed by atoms with Gasteiger partial charge in [-0.1, -0.05) is 38.1 Å². The highest BCUT2D eigenvalue weighted by molar-refractivity contribution is 5.95. The number of carbonyl (C=O) groups is 2. The number of rotatable bonds is 14. The van der Waals surface area contributed by atoms with Crippen molar-refractivity contribution in [1.29, 1.82) is 0 Å². The predicted molar refractivity (Wildman–Crippen MR) is 144 cm³/mol. The van der Waals surface area contributed by atoms with Crippen LogP contribution in [-0.2, 0) is 4.79 Å². The topological polar surface area (TPSA) is 79.9 Å². The third kappa shape index (κ3) is 8.65. The number of nitrogens with one attached hydrogen (secondary N) is 2. The number of carbonyl (C=O) groups excluding carboxylic acids is 2. The first-order chi connectivity index (χ1) is 17.6. The van der Waals surface area contributed by atoms with Crippen LogP contribution in [-0.4, -0.2) is 49.6 Å². The summed E-state index contributed by atoms with van der Waals surface area (Å²) in [6, 6.07) is 24.0. The molecule has 0 bridgehead atoms. The highest BCUT2D eigenvalue weighted by Crippen LogP contribution is 2.18. The van der Waals surface area contributed by atoms with Gasteiger partial charge in [0.15, 0.2) is 0 Å². The van der Waals surface area contributed by atoms with Crippen LogP contribution in [0.4, 0.5) is 11.4 Å². The molecule has 0 saturated heterocycles. The summed E-state index contributed by atoms with van der Waals surface area (Å²) in [5.74, 6) is 1.30. The summed E-state index contributed by atoms with van der Waals surface area (Å²) in [5.41, 5.74) is 2.07. The highest BCUT2D eigenvalue weighted by atomic mass is 16.5. The summed E-state index contributed by atoms with van der Waals surface area (Å²) in [7, 11) is 0. The number of amides is 2. The summed E-state index contributed by atoms with van der Waals surface area (Å²) in [6.07, 6.45) is 1.86. The second-order valence-corrected chi connectivity index (χ2v) is 8.31. The van der Waals surface area contributed by atoms with E-state index in [9.17, 15) is 9.59 Å². The molecule has 3 aromatic rings. The van der Waals surface area contributed by atoms with Gasteiger partial charge in [0, 0.05) is 36.1 Å². The molecule has 3 aromatic carbocycles. The fraction of sp³-hybridized carbons (Fsp3) is 0.310. The van der Waals surface area contributed by atoms with Crippen LogP contribution in [0.3, 0.4) is 0 Å². The summed E-state index contributed by atoms with van der Waals surface area (Å²) >= 11 is 0. The summed E-state index contributed by atoms with van der Waals surface area (Å²) in [6.45, 7) is 6.55. The van der Waals surface area contributed by atoms with Crippen molar-refractivity contribution in [3.63, 3.8) is 0 Å². The first-order valence-electron chi connectivity index (χ1n) is 12.4. The fourth-order valence-corrected chi connectivity index (χ4v) is 3.65. The van der Waals surface area contributed by atoms with E-state index in [1.165, 1.54) is 0 Å². The highest BCUT2D eigenvalue weighted by Gasteiger charge is 2.14. The lowest BCUT2D eigenvalue weighted by atomic mass is 10.1. The molecule has 190 valence electrons. The van der Waals surface area contributed by atoms with E-state index >= 15 is 0 Å². The third-order valence-corrected chi connectivity index (χ3v) is 5.34. The van der Waals surface area contributed by atoms with Crippen molar-refractivity contribution >= 4 is 23.2 Å². The van der Waals surface area contributed by atoms with E-state index in [0.29, 0.717) is 30.2 Å². The zero-order chi connectivity index (χ0) is 25.6. The van der Waals surface area contributed by atoms with Crippen LogP contribution in [0.1, 0.15) is 37.0 Å². The minimum atomic E-state index is -0.184. The van der Waals surface area contributed by atoms with E-state index in [2.05, 4.69) is 24.5 Å². The number of hydrogen-bond donors (Lipinski definition) is 2. The van der Waals surface area contributed by atoms with Crippen LogP contribution in [0.2, 0.25) is 0 Å². The second-order valence-electron chi connectivity index (χ2n) is 8.31. The van der Waals surface area contributed by atoms with Crippen molar-refractivity contribution in [1.82, 2.24) is 4.90 Å². The van der Waals surface area contributed by atoms with Gasteiger partial charge in [-0.05, 0) is 61.4 Å². The lowest BCUT2D eigenvalue weighted by molar-refractivity contribution is -0.114. The average Bonchev–Trinajstić information content (AvgIpc) is 2.90. The number of anilines is 2. The molecule has 0 fully saturated rings. The molecule has 0 aliphatic heterocycles. The van der Waals surface area contributed by atoms with Crippen LogP contribution in [0.25, 0.3) is 0 Å². The van der Waals surface area contributed by atoms with E-state index < -0.39 is 0 Å². The number of hydrogen-bond acceptors (Lipinski definition) is 5. The largest absolute Gasteiger partial charge is 0.490 e. The van der Waals surface area contributed by atoms with E-state index in [0.717, 1.165) is 37.4 Å². The zero-order valence-corrected chi connectivity index (χ0v) is 21.0. The first-order valence-corrected chi connectivity index (χ1v) is 12.4. The molecule has 7 nitrogen and oxygen atoms in total. The Bertz CT molecular complexity index is 1080. The number of benzene rings is 3. The van der Waals surface area contributed by atoms with Gasteiger partial charge in [0.25, 0.3) is 5.91 Å². The normalized spacial score (nSPS) is 10.4. The molecule has 36 heavy (non-hydrogen) atoms. The Morgan fingerprint density at radius 3 is 2.06 bits per heavy atom. The van der Waals surface area contributed by atoms with Crippen LogP contribution in [0, 0.1) is 0 Å². The molecule has 0 aliphatic carbocycles. The van der Waals surface area contributed by atoms with Crippen LogP contribution in [0.15, 0.2) is 78.9 Å². The van der Waals surface area contributed by atoms with Crippen molar-refractivity contribution in [2.24, 2.45) is 0 Å². The summed E-state index contributed by atoms with van der Waals surface area (Å²) < 4.78 is 11.4. The Balaban J connectivity index is 1.43. The first kappa shape index (κ1) is 26.6. The molecular weight excluding hydrogens is 454 g/mol. The van der Waals surface area contributed by atoms with Gasteiger partial charge in [-0.15, -0.1) is 0 Å². The minimum Gasteiger partial charge on any atom is -0.490 e. The maximum Gasteiger partial charge on any atom is 0.253 e. The van der Waals surface area contributed by atoms with Crippen LogP contribution >= 0.6 is 0 Å². The lowest BCUT2D eigenvalue weighted by Gasteiger charge is -2.21. The summed E-state index contributed by atoms with van der Waals surface area (Å²) in [4.78, 5) is 27.0. The van der Waals surface area contributed by atoms with Gasteiger partial charge in [0.2, 0.25) is 5.91 Å².